The summed E-state index contributed by atoms with van der Waals surface area (Å²) in [5.74, 6) is 1.52. The maximum atomic E-state index is 5.88. The van der Waals surface area contributed by atoms with Crippen molar-refractivity contribution >= 4 is 38.6 Å². The smallest absolute Gasteiger partial charge is 0.111 e. The van der Waals surface area contributed by atoms with Crippen molar-refractivity contribution in [3.05, 3.63) is 52.5 Å². The molecule has 20 heavy (non-hydrogen) atoms. The fourth-order valence-electron chi connectivity index (χ4n) is 2.18. The van der Waals surface area contributed by atoms with Crippen molar-refractivity contribution in [2.45, 2.75) is 13.0 Å². The molecule has 4 nitrogen and oxygen atoms in total. The molecule has 0 unspecified atom stereocenters. The van der Waals surface area contributed by atoms with Gasteiger partial charge in [0.05, 0.1) is 23.3 Å². The zero-order valence-electron chi connectivity index (χ0n) is 10.6. The van der Waals surface area contributed by atoms with Crippen molar-refractivity contribution in [1.82, 2.24) is 19.7 Å². The summed E-state index contributed by atoms with van der Waals surface area (Å²) in [6.07, 6.45) is 2.40. The van der Waals surface area contributed by atoms with E-state index >= 15 is 0 Å². The highest BCUT2D eigenvalue weighted by Gasteiger charge is 2.11. The number of alkyl halides is 1. The maximum absolute atomic E-state index is 5.88. The lowest BCUT2D eigenvalue weighted by atomic mass is 10.3. The van der Waals surface area contributed by atoms with E-state index in [4.69, 9.17) is 11.6 Å². The third-order valence-electron chi connectivity index (χ3n) is 3.06. The van der Waals surface area contributed by atoms with Crippen LogP contribution < -0.4 is 0 Å². The quantitative estimate of drug-likeness (QED) is 0.677. The normalized spacial score (nSPS) is 11.1. The van der Waals surface area contributed by atoms with Gasteiger partial charge in [0.2, 0.25) is 0 Å². The number of imidazole rings is 1. The van der Waals surface area contributed by atoms with Crippen LogP contribution in [0.3, 0.4) is 0 Å². The first-order chi connectivity index (χ1) is 9.78. The molecule has 0 atom stereocenters. The fraction of sp³-hybridized carbons (Fsp3) is 0.214. The molecular formula is C14H12BrClN4. The highest BCUT2D eigenvalue weighted by Crippen LogP contribution is 2.22. The predicted octanol–water partition coefficient (Wildman–Crippen LogP) is 3.42. The first-order valence-corrected chi connectivity index (χ1v) is 7.58. The van der Waals surface area contributed by atoms with Gasteiger partial charge in [0, 0.05) is 23.0 Å². The molecule has 1 aromatic carbocycles. The van der Waals surface area contributed by atoms with E-state index < -0.39 is 0 Å². The van der Waals surface area contributed by atoms with Crippen LogP contribution in [0.4, 0.5) is 0 Å². The molecule has 0 saturated heterocycles. The second-order valence-electron chi connectivity index (χ2n) is 4.40. The Morgan fingerprint density at radius 1 is 1.25 bits per heavy atom. The van der Waals surface area contributed by atoms with Gasteiger partial charge in [-0.05, 0) is 30.3 Å². The van der Waals surface area contributed by atoms with Crippen molar-refractivity contribution in [2.75, 3.05) is 5.88 Å². The number of hydrogen-bond donors (Lipinski definition) is 0. The highest BCUT2D eigenvalue weighted by molar-refractivity contribution is 9.10. The zero-order valence-corrected chi connectivity index (χ0v) is 13.0. The molecule has 6 heteroatoms. The zero-order chi connectivity index (χ0) is 13.9. The van der Waals surface area contributed by atoms with Gasteiger partial charge in [0.15, 0.2) is 0 Å². The Labute approximate surface area is 129 Å². The van der Waals surface area contributed by atoms with Crippen LogP contribution in [-0.4, -0.2) is 25.6 Å². The number of aryl methyl sites for hydroxylation is 1. The third kappa shape index (κ3) is 2.69. The van der Waals surface area contributed by atoms with Crippen LogP contribution in [0.15, 0.2) is 41.0 Å². The Kier molecular flexibility index (Phi) is 3.98. The summed E-state index contributed by atoms with van der Waals surface area (Å²) >= 11 is 9.38. The van der Waals surface area contributed by atoms with Crippen LogP contribution in [0.1, 0.15) is 11.5 Å². The van der Waals surface area contributed by atoms with E-state index in [1.807, 2.05) is 24.3 Å². The molecule has 0 N–H and O–H groups in total. The summed E-state index contributed by atoms with van der Waals surface area (Å²) in [5, 5.41) is 8.06. The SMILES string of the molecule is ClCCc1nc2ccc(Br)cc2n1Cc1cccnn1. The van der Waals surface area contributed by atoms with E-state index in [2.05, 4.69) is 41.7 Å². The van der Waals surface area contributed by atoms with Gasteiger partial charge < -0.3 is 4.57 Å². The molecule has 0 radical (unpaired) electrons. The van der Waals surface area contributed by atoms with Gasteiger partial charge in [-0.25, -0.2) is 4.98 Å². The molecule has 0 amide bonds. The molecule has 0 bridgehead atoms. The van der Waals surface area contributed by atoms with Gasteiger partial charge in [-0.3, -0.25) is 0 Å². The van der Waals surface area contributed by atoms with E-state index in [-0.39, 0.29) is 0 Å². The highest BCUT2D eigenvalue weighted by atomic mass is 79.9. The van der Waals surface area contributed by atoms with Gasteiger partial charge >= 0.3 is 0 Å². The molecule has 0 aliphatic carbocycles. The van der Waals surface area contributed by atoms with Crippen LogP contribution in [-0.2, 0) is 13.0 Å². The lowest BCUT2D eigenvalue weighted by molar-refractivity contribution is 0.724. The predicted molar refractivity (Wildman–Crippen MR) is 83.0 cm³/mol. The Morgan fingerprint density at radius 3 is 2.90 bits per heavy atom. The second-order valence-corrected chi connectivity index (χ2v) is 5.69. The monoisotopic (exact) mass is 350 g/mol. The molecule has 0 spiro atoms. The Balaban J connectivity index is 2.10. The molecule has 0 saturated carbocycles. The Morgan fingerprint density at radius 2 is 2.15 bits per heavy atom. The largest absolute Gasteiger partial charge is 0.322 e. The number of nitrogens with zero attached hydrogens (tertiary/aromatic N) is 4. The average molecular weight is 352 g/mol. The molecule has 3 aromatic rings. The minimum atomic E-state index is 0.547. The molecule has 0 fully saturated rings. The number of hydrogen-bond acceptors (Lipinski definition) is 3. The summed E-state index contributed by atoms with van der Waals surface area (Å²) < 4.78 is 3.18. The van der Waals surface area contributed by atoms with Crippen LogP contribution in [0, 0.1) is 0 Å². The summed E-state index contributed by atoms with van der Waals surface area (Å²) in [7, 11) is 0. The maximum Gasteiger partial charge on any atom is 0.111 e. The number of benzene rings is 1. The lowest BCUT2D eigenvalue weighted by Gasteiger charge is -2.07. The number of fused-ring (bicyclic) bond motifs is 1. The summed E-state index contributed by atoms with van der Waals surface area (Å²) in [4.78, 5) is 4.65. The van der Waals surface area contributed by atoms with Crippen molar-refractivity contribution in [3.8, 4) is 0 Å². The topological polar surface area (TPSA) is 43.6 Å². The van der Waals surface area contributed by atoms with E-state index in [0.29, 0.717) is 12.4 Å². The van der Waals surface area contributed by atoms with Gasteiger partial charge in [-0.1, -0.05) is 15.9 Å². The molecule has 3 rings (SSSR count). The third-order valence-corrected chi connectivity index (χ3v) is 3.74. The van der Waals surface area contributed by atoms with Crippen molar-refractivity contribution in [2.24, 2.45) is 0 Å². The van der Waals surface area contributed by atoms with E-state index in [9.17, 15) is 0 Å². The van der Waals surface area contributed by atoms with E-state index in [1.54, 1.807) is 6.20 Å². The number of halogens is 2. The standard InChI is InChI=1S/C14H12BrClN4/c15-10-3-4-12-13(8-10)20(14(18-12)5-6-16)9-11-2-1-7-17-19-11/h1-4,7-8H,5-6,9H2. The average Bonchev–Trinajstić information content (AvgIpc) is 2.78. The van der Waals surface area contributed by atoms with Crippen LogP contribution >= 0.6 is 27.5 Å². The summed E-state index contributed by atoms with van der Waals surface area (Å²) in [5.41, 5.74) is 2.95. The second kappa shape index (κ2) is 5.89. The summed E-state index contributed by atoms with van der Waals surface area (Å²) in [6, 6.07) is 9.91. The van der Waals surface area contributed by atoms with Crippen molar-refractivity contribution in [1.29, 1.82) is 0 Å². The minimum absolute atomic E-state index is 0.547. The molecule has 2 aromatic heterocycles. The first kappa shape index (κ1) is 13.5. The van der Waals surface area contributed by atoms with E-state index in [0.717, 1.165) is 33.4 Å². The lowest BCUT2D eigenvalue weighted by Crippen LogP contribution is -2.07. The Hall–Kier alpha value is -1.46. The van der Waals surface area contributed by atoms with Gasteiger partial charge in [-0.15, -0.1) is 11.6 Å². The van der Waals surface area contributed by atoms with E-state index in [1.165, 1.54) is 0 Å². The fourth-order valence-corrected chi connectivity index (χ4v) is 2.70. The molecule has 0 aliphatic heterocycles. The number of rotatable bonds is 4. The van der Waals surface area contributed by atoms with Crippen molar-refractivity contribution < 1.29 is 0 Å². The molecule has 2 heterocycles. The van der Waals surface area contributed by atoms with Gasteiger partial charge in [-0.2, -0.15) is 10.2 Å². The summed E-state index contributed by atoms with van der Waals surface area (Å²) in [6.45, 7) is 0.646. The van der Waals surface area contributed by atoms with Gasteiger partial charge in [0.25, 0.3) is 0 Å². The van der Waals surface area contributed by atoms with Crippen LogP contribution in [0.25, 0.3) is 11.0 Å². The van der Waals surface area contributed by atoms with Crippen LogP contribution in [0.5, 0.6) is 0 Å². The number of aromatic nitrogens is 4. The molecule has 0 aliphatic rings. The minimum Gasteiger partial charge on any atom is -0.322 e. The van der Waals surface area contributed by atoms with Gasteiger partial charge in [0.1, 0.15) is 5.82 Å². The first-order valence-electron chi connectivity index (χ1n) is 6.25. The van der Waals surface area contributed by atoms with Crippen LogP contribution in [0.2, 0.25) is 0 Å². The Bertz CT molecular complexity index is 727. The van der Waals surface area contributed by atoms with Crippen molar-refractivity contribution in [3.63, 3.8) is 0 Å². The molecule has 102 valence electrons. The molecular weight excluding hydrogens is 340 g/mol.